The molecular formula is C16H15N5O2. The molecule has 116 valence electrons. The van der Waals surface area contributed by atoms with Crippen LogP contribution in [0.5, 0.6) is 0 Å². The van der Waals surface area contributed by atoms with Gasteiger partial charge in [0.15, 0.2) is 12.1 Å². The van der Waals surface area contributed by atoms with E-state index in [0.29, 0.717) is 34.9 Å². The number of H-pyrrole nitrogens is 1. The second-order valence-electron chi connectivity index (χ2n) is 5.08. The number of amides is 1. The van der Waals surface area contributed by atoms with Crippen LogP contribution in [0.15, 0.2) is 41.0 Å². The van der Waals surface area contributed by atoms with Gasteiger partial charge in [-0.05, 0) is 25.5 Å². The summed E-state index contributed by atoms with van der Waals surface area (Å²) in [4.78, 5) is 27.9. The van der Waals surface area contributed by atoms with Gasteiger partial charge in [0.05, 0.1) is 5.56 Å². The molecule has 1 aliphatic rings. The van der Waals surface area contributed by atoms with Crippen molar-refractivity contribution in [3.8, 4) is 0 Å². The summed E-state index contributed by atoms with van der Waals surface area (Å²) in [5, 5.41) is 7.97. The van der Waals surface area contributed by atoms with E-state index in [0.717, 1.165) is 5.56 Å². The Bertz CT molecular complexity index is 820. The molecule has 0 atom stereocenters. The van der Waals surface area contributed by atoms with Crippen LogP contribution in [0.4, 0.5) is 5.82 Å². The number of carbonyl (C=O) groups is 2. The van der Waals surface area contributed by atoms with Crippen LogP contribution in [-0.2, 0) is 4.79 Å². The normalized spacial score (nSPS) is 15.9. The third-order valence-electron chi connectivity index (χ3n) is 3.46. The molecule has 0 bridgehead atoms. The summed E-state index contributed by atoms with van der Waals surface area (Å²) < 4.78 is 0. The standard InChI is InChI=1S/C16H15N5O2/c1-10-13(9-22)15(19-18-10)20-21-11(2)17-14(16(21)23)8-12-6-4-3-5-7-12/h3-9H,1-2H3,(H2,18,19,20)/b14-8+. The van der Waals surface area contributed by atoms with Gasteiger partial charge >= 0.3 is 0 Å². The summed E-state index contributed by atoms with van der Waals surface area (Å²) >= 11 is 0. The lowest BCUT2D eigenvalue weighted by Gasteiger charge is -2.16. The molecule has 1 amide bonds. The maximum atomic E-state index is 12.5. The number of hydrogen-bond acceptors (Lipinski definition) is 5. The lowest BCUT2D eigenvalue weighted by Crippen LogP contribution is -2.36. The van der Waals surface area contributed by atoms with E-state index in [2.05, 4.69) is 20.6 Å². The highest BCUT2D eigenvalue weighted by Crippen LogP contribution is 2.21. The van der Waals surface area contributed by atoms with Crippen molar-refractivity contribution in [3.63, 3.8) is 0 Å². The molecule has 3 rings (SSSR count). The van der Waals surface area contributed by atoms with Crippen LogP contribution in [0.1, 0.15) is 28.5 Å². The molecule has 0 aliphatic carbocycles. The smallest absolute Gasteiger partial charge is 0.296 e. The predicted molar refractivity (Wildman–Crippen MR) is 86.7 cm³/mol. The first kappa shape index (κ1) is 14.7. The SMILES string of the molecule is CC1=N/C(=C/c2ccccc2)C(=O)N1Nc1n[nH]c(C)c1C=O. The van der Waals surface area contributed by atoms with Crippen LogP contribution in [0.2, 0.25) is 0 Å². The van der Waals surface area contributed by atoms with Crippen molar-refractivity contribution in [2.45, 2.75) is 13.8 Å². The van der Waals surface area contributed by atoms with Crippen LogP contribution in [0, 0.1) is 6.92 Å². The number of nitrogens with zero attached hydrogens (tertiary/aromatic N) is 3. The highest BCUT2D eigenvalue weighted by molar-refractivity contribution is 6.14. The largest absolute Gasteiger partial charge is 0.298 e. The Hall–Kier alpha value is -3.22. The molecule has 23 heavy (non-hydrogen) atoms. The Morgan fingerprint density at radius 3 is 2.65 bits per heavy atom. The third kappa shape index (κ3) is 2.76. The summed E-state index contributed by atoms with van der Waals surface area (Å²) in [5.41, 5.74) is 5.05. The molecule has 2 N–H and O–H groups in total. The molecule has 0 fully saturated rings. The van der Waals surface area contributed by atoms with Crippen molar-refractivity contribution >= 4 is 29.9 Å². The van der Waals surface area contributed by atoms with Gasteiger partial charge in [-0.15, -0.1) is 0 Å². The van der Waals surface area contributed by atoms with E-state index in [1.54, 1.807) is 19.9 Å². The van der Waals surface area contributed by atoms with Gasteiger partial charge in [0.1, 0.15) is 11.5 Å². The highest BCUT2D eigenvalue weighted by atomic mass is 16.2. The average molecular weight is 309 g/mol. The second-order valence-corrected chi connectivity index (χ2v) is 5.08. The van der Waals surface area contributed by atoms with Crippen LogP contribution in [-0.4, -0.2) is 33.2 Å². The Labute approximate surface area is 132 Å². The zero-order valence-electron chi connectivity index (χ0n) is 12.7. The monoisotopic (exact) mass is 309 g/mol. The maximum Gasteiger partial charge on any atom is 0.296 e. The molecule has 1 aliphatic heterocycles. The predicted octanol–water partition coefficient (Wildman–Crippen LogP) is 2.16. The summed E-state index contributed by atoms with van der Waals surface area (Å²) in [7, 11) is 0. The number of aryl methyl sites for hydroxylation is 1. The average Bonchev–Trinajstić information content (AvgIpc) is 3.03. The Kier molecular flexibility index (Phi) is 3.76. The summed E-state index contributed by atoms with van der Waals surface area (Å²) in [6.07, 6.45) is 2.40. The summed E-state index contributed by atoms with van der Waals surface area (Å²) in [6.45, 7) is 3.44. The van der Waals surface area contributed by atoms with Crippen LogP contribution < -0.4 is 5.43 Å². The first-order chi connectivity index (χ1) is 11.1. The van der Waals surface area contributed by atoms with Gasteiger partial charge in [-0.25, -0.2) is 10.0 Å². The third-order valence-corrected chi connectivity index (χ3v) is 3.46. The van der Waals surface area contributed by atoms with E-state index in [1.165, 1.54) is 5.01 Å². The van der Waals surface area contributed by atoms with Crippen LogP contribution in [0.3, 0.4) is 0 Å². The van der Waals surface area contributed by atoms with Crippen molar-refractivity contribution in [2.24, 2.45) is 4.99 Å². The lowest BCUT2D eigenvalue weighted by molar-refractivity contribution is -0.121. The molecule has 1 aromatic heterocycles. The van der Waals surface area contributed by atoms with E-state index in [-0.39, 0.29) is 5.91 Å². The molecule has 0 spiro atoms. The quantitative estimate of drug-likeness (QED) is 0.669. The molecule has 7 heteroatoms. The first-order valence-corrected chi connectivity index (χ1v) is 7.03. The molecule has 1 aromatic carbocycles. The van der Waals surface area contributed by atoms with Gasteiger partial charge in [0.25, 0.3) is 5.91 Å². The minimum atomic E-state index is -0.302. The fraction of sp³-hybridized carbons (Fsp3) is 0.125. The number of aromatic nitrogens is 2. The van der Waals surface area contributed by atoms with Gasteiger partial charge in [-0.2, -0.15) is 5.10 Å². The summed E-state index contributed by atoms with van der Waals surface area (Å²) in [6, 6.07) is 9.47. The number of benzene rings is 1. The minimum absolute atomic E-state index is 0.293. The number of aliphatic imine (C=N–C) groups is 1. The molecule has 7 nitrogen and oxygen atoms in total. The Morgan fingerprint density at radius 2 is 1.96 bits per heavy atom. The molecular weight excluding hydrogens is 294 g/mol. The van der Waals surface area contributed by atoms with Crippen molar-refractivity contribution in [1.29, 1.82) is 0 Å². The van der Waals surface area contributed by atoms with Gasteiger partial charge in [-0.1, -0.05) is 30.3 Å². The molecule has 0 saturated carbocycles. The molecule has 0 unspecified atom stereocenters. The number of anilines is 1. The van der Waals surface area contributed by atoms with E-state index in [1.807, 2.05) is 30.3 Å². The second kappa shape index (κ2) is 5.88. The van der Waals surface area contributed by atoms with E-state index < -0.39 is 0 Å². The number of rotatable bonds is 4. The van der Waals surface area contributed by atoms with Crippen molar-refractivity contribution in [1.82, 2.24) is 15.2 Å². The number of nitrogens with one attached hydrogen (secondary N) is 2. The zero-order chi connectivity index (χ0) is 16.4. The van der Waals surface area contributed by atoms with E-state index in [9.17, 15) is 9.59 Å². The van der Waals surface area contributed by atoms with Crippen LogP contribution in [0.25, 0.3) is 6.08 Å². The van der Waals surface area contributed by atoms with Gasteiger partial charge in [-0.3, -0.25) is 20.1 Å². The molecule has 0 saturated heterocycles. The molecule has 2 aromatic rings. The van der Waals surface area contributed by atoms with Crippen LogP contribution >= 0.6 is 0 Å². The topological polar surface area (TPSA) is 90.4 Å². The summed E-state index contributed by atoms with van der Waals surface area (Å²) in [5.74, 6) is 0.472. The van der Waals surface area contributed by atoms with E-state index >= 15 is 0 Å². The fourth-order valence-electron chi connectivity index (χ4n) is 2.24. The number of carbonyl (C=O) groups excluding carboxylic acids is 2. The number of hydrogen-bond donors (Lipinski definition) is 2. The number of hydrazine groups is 1. The van der Waals surface area contributed by atoms with Gasteiger partial charge in [0.2, 0.25) is 0 Å². The van der Waals surface area contributed by atoms with Crippen molar-refractivity contribution in [3.05, 3.63) is 52.8 Å². The molecule has 0 radical (unpaired) electrons. The first-order valence-electron chi connectivity index (χ1n) is 7.03. The highest BCUT2D eigenvalue weighted by Gasteiger charge is 2.29. The molecule has 2 heterocycles. The Morgan fingerprint density at radius 1 is 1.22 bits per heavy atom. The van der Waals surface area contributed by atoms with E-state index in [4.69, 9.17) is 0 Å². The number of aromatic amines is 1. The Balaban J connectivity index is 1.86. The lowest BCUT2D eigenvalue weighted by atomic mass is 10.2. The van der Waals surface area contributed by atoms with Gasteiger partial charge in [0, 0.05) is 5.69 Å². The van der Waals surface area contributed by atoms with Crippen molar-refractivity contribution < 1.29 is 9.59 Å². The maximum absolute atomic E-state index is 12.5. The van der Waals surface area contributed by atoms with Gasteiger partial charge < -0.3 is 0 Å². The minimum Gasteiger partial charge on any atom is -0.298 e. The fourth-order valence-corrected chi connectivity index (χ4v) is 2.24. The van der Waals surface area contributed by atoms with Crippen molar-refractivity contribution in [2.75, 3.05) is 5.43 Å². The zero-order valence-corrected chi connectivity index (χ0v) is 12.7. The number of aldehydes is 1. The number of amidine groups is 1.